The van der Waals surface area contributed by atoms with Crippen molar-refractivity contribution in [3.8, 4) is 0 Å². The van der Waals surface area contributed by atoms with Crippen LogP contribution in [0.3, 0.4) is 0 Å². The van der Waals surface area contributed by atoms with Crippen LogP contribution in [-0.4, -0.2) is 24.4 Å². The van der Waals surface area contributed by atoms with Gasteiger partial charge in [-0.15, -0.1) is 0 Å². The Morgan fingerprint density at radius 3 is 2.68 bits per heavy atom. The maximum atomic E-state index is 12.4. The van der Waals surface area contributed by atoms with Crippen LogP contribution >= 0.6 is 15.9 Å². The third kappa shape index (κ3) is 3.15. The van der Waals surface area contributed by atoms with Gasteiger partial charge in [-0.05, 0) is 40.4 Å². The summed E-state index contributed by atoms with van der Waals surface area (Å²) in [6, 6.07) is 7.03. The minimum atomic E-state index is -0.423. The van der Waals surface area contributed by atoms with Crippen molar-refractivity contribution in [1.82, 2.24) is 5.32 Å². The van der Waals surface area contributed by atoms with Gasteiger partial charge in [0.05, 0.1) is 5.69 Å². The van der Waals surface area contributed by atoms with Gasteiger partial charge in [0, 0.05) is 4.47 Å². The summed E-state index contributed by atoms with van der Waals surface area (Å²) in [5.41, 5.74) is 0.746. The zero-order valence-electron chi connectivity index (χ0n) is 11.0. The smallest absolute Gasteiger partial charge is 0.250 e. The number of piperazine rings is 1. The highest BCUT2D eigenvalue weighted by atomic mass is 79.9. The first kappa shape index (κ1) is 14.1. The number of anilines is 1. The Bertz CT molecular complexity index is 502. The molecule has 1 fully saturated rings. The van der Waals surface area contributed by atoms with Crippen LogP contribution in [0.4, 0.5) is 5.69 Å². The predicted octanol–water partition coefficient (Wildman–Crippen LogP) is 2.33. The summed E-state index contributed by atoms with van der Waals surface area (Å²) in [4.78, 5) is 25.8. The lowest BCUT2D eigenvalue weighted by Gasteiger charge is -2.33. The second-order valence-corrected chi connectivity index (χ2v) is 5.98. The van der Waals surface area contributed by atoms with Crippen molar-refractivity contribution in [2.75, 3.05) is 11.4 Å². The number of para-hydroxylation sites is 1. The molecular weight excluding hydrogens is 308 g/mol. The second-order valence-electron chi connectivity index (χ2n) is 5.13. The van der Waals surface area contributed by atoms with E-state index in [0.717, 1.165) is 10.2 Å². The Morgan fingerprint density at radius 1 is 1.37 bits per heavy atom. The number of benzene rings is 1. The van der Waals surface area contributed by atoms with Crippen LogP contribution in [-0.2, 0) is 9.59 Å². The number of amides is 2. The molecule has 0 spiro atoms. The van der Waals surface area contributed by atoms with Gasteiger partial charge < -0.3 is 10.2 Å². The molecular formula is C14H17BrN2O2. The fourth-order valence-corrected chi connectivity index (χ4v) is 2.72. The molecule has 2 amide bonds. The van der Waals surface area contributed by atoms with Crippen LogP contribution in [0.1, 0.15) is 20.3 Å². The van der Waals surface area contributed by atoms with Gasteiger partial charge in [-0.25, -0.2) is 0 Å². The molecule has 19 heavy (non-hydrogen) atoms. The molecule has 0 aromatic heterocycles. The Kier molecular flexibility index (Phi) is 4.24. The molecule has 1 N–H and O–H groups in total. The molecule has 102 valence electrons. The van der Waals surface area contributed by atoms with Gasteiger partial charge in [-0.2, -0.15) is 0 Å². The third-order valence-electron chi connectivity index (χ3n) is 3.05. The van der Waals surface area contributed by atoms with E-state index in [1.165, 1.54) is 0 Å². The highest BCUT2D eigenvalue weighted by molar-refractivity contribution is 9.10. The van der Waals surface area contributed by atoms with E-state index in [-0.39, 0.29) is 18.4 Å². The summed E-state index contributed by atoms with van der Waals surface area (Å²) >= 11 is 3.42. The Hall–Kier alpha value is -1.36. The molecule has 2 rings (SSSR count). The first-order valence-corrected chi connectivity index (χ1v) is 7.13. The van der Waals surface area contributed by atoms with E-state index in [2.05, 4.69) is 21.2 Å². The number of hydrogen-bond donors (Lipinski definition) is 1. The minimum Gasteiger partial charge on any atom is -0.343 e. The molecule has 1 atom stereocenters. The SMILES string of the molecule is CC(C)CC1NC(=O)CN(c2ccccc2Br)C1=O. The summed E-state index contributed by atoms with van der Waals surface area (Å²) in [6.07, 6.45) is 0.658. The summed E-state index contributed by atoms with van der Waals surface area (Å²) in [5.74, 6) is 0.203. The van der Waals surface area contributed by atoms with Gasteiger partial charge in [-0.1, -0.05) is 26.0 Å². The summed E-state index contributed by atoms with van der Waals surface area (Å²) in [7, 11) is 0. The zero-order valence-corrected chi connectivity index (χ0v) is 12.6. The van der Waals surface area contributed by atoms with Crippen LogP contribution in [0.5, 0.6) is 0 Å². The van der Waals surface area contributed by atoms with Gasteiger partial charge in [0.25, 0.3) is 0 Å². The monoisotopic (exact) mass is 324 g/mol. The Morgan fingerprint density at radius 2 is 2.05 bits per heavy atom. The van der Waals surface area contributed by atoms with Crippen LogP contribution in [0.25, 0.3) is 0 Å². The molecule has 1 heterocycles. The number of nitrogens with zero attached hydrogens (tertiary/aromatic N) is 1. The highest BCUT2D eigenvalue weighted by Crippen LogP contribution is 2.27. The average molecular weight is 325 g/mol. The van der Waals surface area contributed by atoms with E-state index in [0.29, 0.717) is 12.3 Å². The van der Waals surface area contributed by atoms with Crippen molar-refractivity contribution in [2.45, 2.75) is 26.3 Å². The third-order valence-corrected chi connectivity index (χ3v) is 3.72. The lowest BCUT2D eigenvalue weighted by atomic mass is 10.0. The lowest BCUT2D eigenvalue weighted by molar-refractivity contribution is -0.131. The van der Waals surface area contributed by atoms with E-state index in [4.69, 9.17) is 0 Å². The van der Waals surface area contributed by atoms with Crippen LogP contribution in [0.2, 0.25) is 0 Å². The largest absolute Gasteiger partial charge is 0.343 e. The van der Waals surface area contributed by atoms with Crippen molar-refractivity contribution in [3.05, 3.63) is 28.7 Å². The van der Waals surface area contributed by atoms with Gasteiger partial charge in [0.15, 0.2) is 0 Å². The second kappa shape index (κ2) is 5.74. The number of hydrogen-bond acceptors (Lipinski definition) is 2. The number of rotatable bonds is 3. The van der Waals surface area contributed by atoms with Gasteiger partial charge in [-0.3, -0.25) is 9.59 Å². The molecule has 0 bridgehead atoms. The maximum absolute atomic E-state index is 12.4. The predicted molar refractivity (Wildman–Crippen MR) is 77.9 cm³/mol. The molecule has 1 aliphatic rings. The van der Waals surface area contributed by atoms with Crippen LogP contribution in [0, 0.1) is 5.92 Å². The van der Waals surface area contributed by atoms with Crippen molar-refractivity contribution in [2.24, 2.45) is 5.92 Å². The van der Waals surface area contributed by atoms with E-state index in [1.807, 2.05) is 38.1 Å². The van der Waals surface area contributed by atoms with E-state index >= 15 is 0 Å². The topological polar surface area (TPSA) is 49.4 Å². The molecule has 5 heteroatoms. The van der Waals surface area contributed by atoms with Crippen LogP contribution < -0.4 is 10.2 Å². The minimum absolute atomic E-state index is 0.0415. The van der Waals surface area contributed by atoms with E-state index in [9.17, 15) is 9.59 Å². The molecule has 0 saturated carbocycles. The van der Waals surface area contributed by atoms with E-state index < -0.39 is 6.04 Å². The number of carbonyl (C=O) groups is 2. The number of halogens is 1. The molecule has 1 aliphatic heterocycles. The standard InChI is InChI=1S/C14H17BrN2O2/c1-9(2)7-11-14(19)17(8-13(18)16-11)12-6-4-3-5-10(12)15/h3-6,9,11H,7-8H2,1-2H3,(H,16,18). The lowest BCUT2D eigenvalue weighted by Crippen LogP contribution is -2.58. The van der Waals surface area contributed by atoms with Crippen molar-refractivity contribution < 1.29 is 9.59 Å². The molecule has 1 saturated heterocycles. The molecule has 0 aliphatic carbocycles. The van der Waals surface area contributed by atoms with Crippen LogP contribution in [0.15, 0.2) is 28.7 Å². The summed E-state index contributed by atoms with van der Waals surface area (Å²) in [6.45, 7) is 4.16. The molecule has 0 radical (unpaired) electrons. The first-order valence-electron chi connectivity index (χ1n) is 6.34. The summed E-state index contributed by atoms with van der Waals surface area (Å²) in [5, 5.41) is 2.77. The molecule has 1 unspecified atom stereocenters. The fraction of sp³-hybridized carbons (Fsp3) is 0.429. The maximum Gasteiger partial charge on any atom is 0.250 e. The number of carbonyl (C=O) groups excluding carboxylic acids is 2. The Labute approximate surface area is 121 Å². The highest BCUT2D eigenvalue weighted by Gasteiger charge is 2.34. The van der Waals surface area contributed by atoms with Crippen molar-refractivity contribution >= 4 is 33.4 Å². The van der Waals surface area contributed by atoms with Crippen molar-refractivity contribution in [3.63, 3.8) is 0 Å². The quantitative estimate of drug-likeness (QED) is 0.927. The zero-order chi connectivity index (χ0) is 14.0. The first-order chi connectivity index (χ1) is 8.99. The number of nitrogens with one attached hydrogen (secondary N) is 1. The Balaban J connectivity index is 2.27. The fourth-order valence-electron chi connectivity index (χ4n) is 2.22. The molecule has 1 aromatic carbocycles. The summed E-state index contributed by atoms with van der Waals surface area (Å²) < 4.78 is 0.821. The normalized spacial score (nSPS) is 19.8. The van der Waals surface area contributed by atoms with E-state index in [1.54, 1.807) is 4.90 Å². The van der Waals surface area contributed by atoms with Gasteiger partial charge in [0.1, 0.15) is 12.6 Å². The average Bonchev–Trinajstić information content (AvgIpc) is 2.33. The molecule has 1 aromatic rings. The van der Waals surface area contributed by atoms with Gasteiger partial charge in [0.2, 0.25) is 11.8 Å². The molecule has 4 nitrogen and oxygen atoms in total. The van der Waals surface area contributed by atoms with Gasteiger partial charge >= 0.3 is 0 Å². The van der Waals surface area contributed by atoms with Crippen molar-refractivity contribution in [1.29, 1.82) is 0 Å².